The van der Waals surface area contributed by atoms with E-state index in [9.17, 15) is 24.5 Å². The zero-order valence-corrected chi connectivity index (χ0v) is 14.0. The topological polar surface area (TPSA) is 101 Å². The predicted octanol–water partition coefficient (Wildman–Crippen LogP) is 2.25. The summed E-state index contributed by atoms with van der Waals surface area (Å²) < 4.78 is 0. The van der Waals surface area contributed by atoms with E-state index in [4.69, 9.17) is 0 Å². The van der Waals surface area contributed by atoms with E-state index in [0.29, 0.717) is 24.9 Å². The van der Waals surface area contributed by atoms with Gasteiger partial charge in [0.1, 0.15) is 6.54 Å². The molecule has 0 N–H and O–H groups in total. The molecule has 2 fully saturated rings. The van der Waals surface area contributed by atoms with Crippen molar-refractivity contribution in [3.63, 3.8) is 0 Å². The van der Waals surface area contributed by atoms with Gasteiger partial charge in [-0.15, -0.1) is 0 Å². The van der Waals surface area contributed by atoms with Gasteiger partial charge in [-0.2, -0.15) is 0 Å². The minimum absolute atomic E-state index is 0.0773. The monoisotopic (exact) mass is 361 g/mol. The molecule has 2 aliphatic rings. The van der Waals surface area contributed by atoms with Crippen LogP contribution in [-0.4, -0.2) is 51.4 Å². The number of nitrogens with zero attached hydrogens (tertiary/aromatic N) is 3. The van der Waals surface area contributed by atoms with Gasteiger partial charge in [0.2, 0.25) is 5.91 Å². The molecule has 2 aliphatic heterocycles. The van der Waals surface area contributed by atoms with E-state index < -0.39 is 16.1 Å². The molecule has 0 spiro atoms. The van der Waals surface area contributed by atoms with Gasteiger partial charge < -0.3 is 4.90 Å². The van der Waals surface area contributed by atoms with Crippen LogP contribution in [0.3, 0.4) is 0 Å². The average molecular weight is 361 g/mol. The van der Waals surface area contributed by atoms with Crippen LogP contribution in [0.1, 0.15) is 18.4 Å². The number of nitro benzene ring substituents is 1. The van der Waals surface area contributed by atoms with Crippen molar-refractivity contribution in [2.24, 2.45) is 0 Å². The van der Waals surface area contributed by atoms with Gasteiger partial charge in [0.15, 0.2) is 0 Å². The highest BCUT2D eigenvalue weighted by molar-refractivity contribution is 8.18. The molecule has 25 heavy (non-hydrogen) atoms. The van der Waals surface area contributed by atoms with Gasteiger partial charge in [-0.3, -0.25) is 29.4 Å². The van der Waals surface area contributed by atoms with Crippen LogP contribution < -0.4 is 0 Å². The number of carbonyl (C=O) groups excluding carboxylic acids is 3. The van der Waals surface area contributed by atoms with Crippen molar-refractivity contribution in [3.05, 3.63) is 44.8 Å². The molecule has 0 aliphatic carbocycles. The van der Waals surface area contributed by atoms with E-state index in [1.54, 1.807) is 11.0 Å². The molecular weight excluding hydrogens is 346 g/mol. The Bertz CT molecular complexity index is 786. The lowest BCUT2D eigenvalue weighted by atomic mass is 10.1. The molecule has 0 unspecified atom stereocenters. The number of rotatable bonds is 4. The van der Waals surface area contributed by atoms with Crippen molar-refractivity contribution in [3.8, 4) is 0 Å². The molecule has 0 bridgehead atoms. The number of thioether (sulfide) groups is 1. The lowest BCUT2D eigenvalue weighted by Gasteiger charge is -2.18. The van der Waals surface area contributed by atoms with Gasteiger partial charge in [0, 0.05) is 19.2 Å². The number of para-hydroxylation sites is 1. The van der Waals surface area contributed by atoms with Gasteiger partial charge in [-0.25, -0.2) is 0 Å². The number of carbonyl (C=O) groups is 3. The predicted molar refractivity (Wildman–Crippen MR) is 91.6 cm³/mol. The van der Waals surface area contributed by atoms with E-state index in [1.165, 1.54) is 24.3 Å². The Kier molecular flexibility index (Phi) is 4.84. The summed E-state index contributed by atoms with van der Waals surface area (Å²) in [5.41, 5.74) is 0.0892. The van der Waals surface area contributed by atoms with Crippen LogP contribution in [0.15, 0.2) is 29.2 Å². The third-order valence-corrected chi connectivity index (χ3v) is 4.95. The first-order valence-electron chi connectivity index (χ1n) is 7.74. The second-order valence-electron chi connectivity index (χ2n) is 5.67. The Hall–Kier alpha value is -2.68. The Morgan fingerprint density at radius 2 is 1.92 bits per heavy atom. The van der Waals surface area contributed by atoms with Gasteiger partial charge in [-0.1, -0.05) is 12.1 Å². The maximum Gasteiger partial charge on any atom is 0.294 e. The Morgan fingerprint density at radius 3 is 2.60 bits per heavy atom. The number of imide groups is 1. The average Bonchev–Trinajstić information content (AvgIpc) is 3.20. The molecule has 1 aromatic rings. The molecule has 0 aromatic heterocycles. The maximum atomic E-state index is 12.4. The molecule has 130 valence electrons. The smallest absolute Gasteiger partial charge is 0.294 e. The Balaban J connectivity index is 1.79. The second-order valence-corrected chi connectivity index (χ2v) is 6.66. The van der Waals surface area contributed by atoms with E-state index in [2.05, 4.69) is 0 Å². The molecule has 3 amide bonds. The van der Waals surface area contributed by atoms with E-state index in [1.807, 2.05) is 0 Å². The van der Waals surface area contributed by atoms with E-state index >= 15 is 0 Å². The molecule has 9 heteroatoms. The minimum atomic E-state index is -0.597. The minimum Gasteiger partial charge on any atom is -0.341 e. The lowest BCUT2D eigenvalue weighted by Crippen LogP contribution is -2.40. The fourth-order valence-electron chi connectivity index (χ4n) is 2.76. The Morgan fingerprint density at radius 1 is 1.24 bits per heavy atom. The third-order valence-electron chi connectivity index (χ3n) is 4.05. The van der Waals surface area contributed by atoms with Crippen LogP contribution in [-0.2, 0) is 9.59 Å². The third kappa shape index (κ3) is 3.55. The SMILES string of the molecule is O=C(CN1C(=O)S/C(=C/c2ccccc2[N+](=O)[O-])C1=O)N1CCCC1. The molecule has 8 nitrogen and oxygen atoms in total. The summed E-state index contributed by atoms with van der Waals surface area (Å²) in [6.07, 6.45) is 3.17. The fraction of sp³-hybridized carbons (Fsp3) is 0.312. The summed E-state index contributed by atoms with van der Waals surface area (Å²) in [5.74, 6) is -0.854. The number of hydrogen-bond donors (Lipinski definition) is 0. The van der Waals surface area contributed by atoms with Crippen LogP contribution in [0.5, 0.6) is 0 Å². The van der Waals surface area contributed by atoms with Crippen LogP contribution >= 0.6 is 11.8 Å². The molecular formula is C16H15N3O5S. The van der Waals surface area contributed by atoms with Gasteiger partial charge in [-0.05, 0) is 36.7 Å². The molecule has 0 radical (unpaired) electrons. The van der Waals surface area contributed by atoms with Crippen molar-refractivity contribution in [1.82, 2.24) is 9.80 Å². The largest absolute Gasteiger partial charge is 0.341 e. The van der Waals surface area contributed by atoms with Crippen molar-refractivity contribution in [2.45, 2.75) is 12.8 Å². The Labute approximate surface area is 147 Å². The van der Waals surface area contributed by atoms with Crippen molar-refractivity contribution >= 4 is 40.6 Å². The summed E-state index contributed by atoms with van der Waals surface area (Å²) >= 11 is 0.687. The van der Waals surface area contributed by atoms with Gasteiger partial charge >= 0.3 is 0 Å². The summed E-state index contributed by atoms with van der Waals surface area (Å²) in [4.78, 5) is 49.8. The number of nitro groups is 1. The summed E-state index contributed by atoms with van der Waals surface area (Å²) in [6.45, 7) is 0.987. The lowest BCUT2D eigenvalue weighted by molar-refractivity contribution is -0.385. The first kappa shape index (κ1) is 17.2. The van der Waals surface area contributed by atoms with E-state index in [0.717, 1.165) is 17.7 Å². The number of amides is 3. The van der Waals surface area contributed by atoms with E-state index in [-0.39, 0.29) is 28.6 Å². The molecule has 0 atom stereocenters. The summed E-state index contributed by atoms with van der Waals surface area (Å²) in [6, 6.07) is 5.96. The number of hydrogen-bond acceptors (Lipinski definition) is 6. The quantitative estimate of drug-likeness (QED) is 0.463. The van der Waals surface area contributed by atoms with Crippen LogP contribution in [0, 0.1) is 10.1 Å². The maximum absolute atomic E-state index is 12.4. The molecule has 2 saturated heterocycles. The summed E-state index contributed by atoms with van der Waals surface area (Å²) in [5, 5.41) is 10.5. The first-order chi connectivity index (χ1) is 12.0. The molecule has 0 saturated carbocycles. The highest BCUT2D eigenvalue weighted by atomic mass is 32.2. The number of benzene rings is 1. The van der Waals surface area contributed by atoms with Crippen molar-refractivity contribution in [1.29, 1.82) is 0 Å². The van der Waals surface area contributed by atoms with Crippen LogP contribution in [0.4, 0.5) is 10.5 Å². The number of likely N-dealkylation sites (tertiary alicyclic amines) is 1. The van der Waals surface area contributed by atoms with Crippen LogP contribution in [0.25, 0.3) is 6.08 Å². The zero-order valence-electron chi connectivity index (χ0n) is 13.2. The highest BCUT2D eigenvalue weighted by Crippen LogP contribution is 2.33. The standard InChI is InChI=1S/C16H15N3O5S/c20-14(17-7-3-4-8-17)10-18-15(21)13(25-16(18)22)9-11-5-1-2-6-12(11)19(23)24/h1-2,5-6,9H,3-4,7-8,10H2/b13-9+. The fourth-order valence-corrected chi connectivity index (χ4v) is 3.58. The zero-order chi connectivity index (χ0) is 18.0. The first-order valence-corrected chi connectivity index (χ1v) is 8.55. The molecule has 2 heterocycles. The van der Waals surface area contributed by atoms with Crippen molar-refractivity contribution in [2.75, 3.05) is 19.6 Å². The van der Waals surface area contributed by atoms with Crippen molar-refractivity contribution < 1.29 is 19.3 Å². The normalized spacial score (nSPS) is 19.1. The highest BCUT2D eigenvalue weighted by Gasteiger charge is 2.37. The molecule has 1 aromatic carbocycles. The van der Waals surface area contributed by atoms with Gasteiger partial charge in [0.25, 0.3) is 16.8 Å². The molecule has 3 rings (SSSR count). The second kappa shape index (κ2) is 7.06. The van der Waals surface area contributed by atoms with Gasteiger partial charge in [0.05, 0.1) is 15.4 Å². The van der Waals surface area contributed by atoms with Crippen LogP contribution in [0.2, 0.25) is 0 Å². The summed E-state index contributed by atoms with van der Waals surface area (Å²) in [7, 11) is 0.